The van der Waals surface area contributed by atoms with Crippen molar-refractivity contribution in [3.63, 3.8) is 0 Å². The minimum absolute atomic E-state index is 0.0336. The number of benzene rings is 1. The van der Waals surface area contributed by atoms with E-state index in [1.165, 1.54) is 0 Å². The van der Waals surface area contributed by atoms with E-state index < -0.39 is 0 Å². The van der Waals surface area contributed by atoms with Crippen molar-refractivity contribution in [2.75, 3.05) is 13.1 Å². The molecule has 5 rings (SSSR count). The second-order valence-electron chi connectivity index (χ2n) is 8.26. The summed E-state index contributed by atoms with van der Waals surface area (Å²) in [4.78, 5) is 32.0. The molecule has 3 aromatic rings. The Labute approximate surface area is 185 Å². The van der Waals surface area contributed by atoms with Crippen LogP contribution in [-0.2, 0) is 6.54 Å². The Bertz CT molecular complexity index is 1200. The molecule has 156 valence electrons. The highest BCUT2D eigenvalue weighted by molar-refractivity contribution is 6.30. The third-order valence-corrected chi connectivity index (χ3v) is 6.43. The average Bonchev–Trinajstić information content (AvgIpc) is 2.80. The van der Waals surface area contributed by atoms with Crippen LogP contribution in [0, 0.1) is 5.92 Å². The number of likely N-dealkylation sites (tertiary alicyclic amines) is 1. The smallest absolute Gasteiger partial charge is 0.258 e. The first kappa shape index (κ1) is 19.8. The number of nitrogens with zero attached hydrogens (tertiary/aromatic N) is 3. The van der Waals surface area contributed by atoms with Gasteiger partial charge < -0.3 is 9.47 Å². The molecule has 0 saturated carbocycles. The second-order valence-corrected chi connectivity index (χ2v) is 8.70. The van der Waals surface area contributed by atoms with E-state index in [0.29, 0.717) is 35.8 Å². The summed E-state index contributed by atoms with van der Waals surface area (Å²) in [5.74, 6) is 0.501. The maximum atomic E-state index is 13.2. The number of carbonyl (C=O) groups is 1. The first-order valence-electron chi connectivity index (χ1n) is 10.4. The Morgan fingerprint density at radius 1 is 0.968 bits per heavy atom. The Balaban J connectivity index is 1.39. The molecule has 1 amide bonds. The Morgan fingerprint density at radius 2 is 1.74 bits per heavy atom. The minimum atomic E-state index is 0.0336. The Kier molecular flexibility index (Phi) is 5.20. The summed E-state index contributed by atoms with van der Waals surface area (Å²) in [5.41, 5.74) is 3.38. The van der Waals surface area contributed by atoms with Crippen LogP contribution in [0.3, 0.4) is 0 Å². The summed E-state index contributed by atoms with van der Waals surface area (Å²) in [7, 11) is 0. The van der Waals surface area contributed by atoms with Gasteiger partial charge in [0.1, 0.15) is 0 Å². The zero-order valence-electron chi connectivity index (χ0n) is 16.9. The summed E-state index contributed by atoms with van der Waals surface area (Å²) in [5, 5.41) is 0.689. The molecule has 2 aliphatic heterocycles. The van der Waals surface area contributed by atoms with Crippen molar-refractivity contribution < 1.29 is 4.79 Å². The summed E-state index contributed by atoms with van der Waals surface area (Å²) < 4.78 is 1.91. The number of piperidine rings is 1. The molecule has 0 radical (unpaired) electrons. The normalized spacial score (nSPS) is 20.0. The fraction of sp³-hybridized carbons (Fsp3) is 0.240. The monoisotopic (exact) mass is 431 g/mol. The van der Waals surface area contributed by atoms with E-state index in [9.17, 15) is 9.59 Å². The topological polar surface area (TPSA) is 55.2 Å². The Hall–Kier alpha value is -3.18. The standard InChI is InChI=1S/C25H22ClN3O2/c26-22-6-2-17(3-7-22)1-4-19-5-8-23-21-13-18(15-29(23)25(19)31)14-28(16-21)24(30)20-9-11-27-12-10-20/h1-12,18,21H,13-16H2. The molecule has 0 N–H and O–H groups in total. The van der Waals surface area contributed by atoms with Gasteiger partial charge in [-0.3, -0.25) is 14.6 Å². The van der Waals surface area contributed by atoms with Gasteiger partial charge in [-0.25, -0.2) is 0 Å². The van der Waals surface area contributed by atoms with Crippen LogP contribution in [0.15, 0.2) is 65.7 Å². The molecule has 1 saturated heterocycles. The van der Waals surface area contributed by atoms with Crippen LogP contribution < -0.4 is 5.56 Å². The molecule has 2 aromatic heterocycles. The van der Waals surface area contributed by atoms with Crippen molar-refractivity contribution in [1.82, 2.24) is 14.5 Å². The zero-order valence-corrected chi connectivity index (χ0v) is 17.7. The lowest BCUT2D eigenvalue weighted by molar-refractivity contribution is 0.0594. The van der Waals surface area contributed by atoms with Crippen molar-refractivity contribution in [1.29, 1.82) is 0 Å². The van der Waals surface area contributed by atoms with Gasteiger partial charge in [-0.05, 0) is 60.4 Å². The number of pyridine rings is 2. The van der Waals surface area contributed by atoms with Gasteiger partial charge in [0.25, 0.3) is 11.5 Å². The maximum Gasteiger partial charge on any atom is 0.258 e. The highest BCUT2D eigenvalue weighted by atomic mass is 35.5. The van der Waals surface area contributed by atoms with Crippen molar-refractivity contribution in [3.05, 3.63) is 98.7 Å². The number of carbonyl (C=O) groups excluding carboxylic acids is 1. The number of amides is 1. The van der Waals surface area contributed by atoms with Gasteiger partial charge in [0.15, 0.2) is 0 Å². The van der Waals surface area contributed by atoms with Crippen LogP contribution in [-0.4, -0.2) is 33.4 Å². The number of hydrogen-bond acceptors (Lipinski definition) is 3. The van der Waals surface area contributed by atoms with Crippen molar-refractivity contribution in [2.24, 2.45) is 5.92 Å². The highest BCUT2D eigenvalue weighted by Gasteiger charge is 2.36. The van der Waals surface area contributed by atoms with Crippen molar-refractivity contribution in [2.45, 2.75) is 18.9 Å². The molecular formula is C25H22ClN3O2. The van der Waals surface area contributed by atoms with Crippen LogP contribution in [0.2, 0.25) is 5.02 Å². The molecule has 2 aliphatic rings. The minimum Gasteiger partial charge on any atom is -0.338 e. The number of fused-ring (bicyclic) bond motifs is 4. The third kappa shape index (κ3) is 3.93. The van der Waals surface area contributed by atoms with E-state index in [-0.39, 0.29) is 23.3 Å². The van der Waals surface area contributed by atoms with E-state index in [1.807, 2.05) is 58.0 Å². The fourth-order valence-electron chi connectivity index (χ4n) is 4.69. The number of rotatable bonds is 3. The lowest BCUT2D eigenvalue weighted by Gasteiger charge is -2.42. The van der Waals surface area contributed by atoms with Crippen LogP contribution in [0.4, 0.5) is 0 Å². The zero-order chi connectivity index (χ0) is 21.4. The van der Waals surface area contributed by atoms with Gasteiger partial charge in [-0.2, -0.15) is 0 Å². The van der Waals surface area contributed by atoms with Crippen LogP contribution in [0.5, 0.6) is 0 Å². The molecule has 1 fully saturated rings. The number of halogens is 1. The third-order valence-electron chi connectivity index (χ3n) is 6.17. The molecule has 2 unspecified atom stereocenters. The SMILES string of the molecule is O=C(c1ccncc1)N1CC2CC(C1)c1ccc(C=Cc3ccc(Cl)cc3)c(=O)n1C2. The molecule has 2 bridgehead atoms. The van der Waals surface area contributed by atoms with E-state index >= 15 is 0 Å². The van der Waals surface area contributed by atoms with Gasteiger partial charge >= 0.3 is 0 Å². The second kappa shape index (κ2) is 8.16. The lowest BCUT2D eigenvalue weighted by atomic mass is 9.82. The van der Waals surface area contributed by atoms with Crippen LogP contribution in [0.1, 0.15) is 39.5 Å². The summed E-state index contributed by atoms with van der Waals surface area (Å²) in [6, 6.07) is 15.0. The fourth-order valence-corrected chi connectivity index (χ4v) is 4.82. The van der Waals surface area contributed by atoms with Crippen LogP contribution >= 0.6 is 11.6 Å². The molecule has 5 nitrogen and oxygen atoms in total. The molecular weight excluding hydrogens is 410 g/mol. The Morgan fingerprint density at radius 3 is 2.52 bits per heavy atom. The molecule has 0 aliphatic carbocycles. The molecule has 4 heterocycles. The van der Waals surface area contributed by atoms with Gasteiger partial charge in [0.05, 0.1) is 0 Å². The maximum absolute atomic E-state index is 13.2. The predicted octanol–water partition coefficient (Wildman–Crippen LogP) is 4.33. The largest absolute Gasteiger partial charge is 0.338 e. The highest BCUT2D eigenvalue weighted by Crippen LogP contribution is 2.35. The first-order chi connectivity index (χ1) is 15.1. The average molecular weight is 432 g/mol. The number of aromatic nitrogens is 2. The summed E-state index contributed by atoms with van der Waals surface area (Å²) in [6.45, 7) is 1.96. The van der Waals surface area contributed by atoms with Gasteiger partial charge in [0.2, 0.25) is 0 Å². The lowest BCUT2D eigenvalue weighted by Crippen LogP contribution is -2.49. The molecule has 6 heteroatoms. The summed E-state index contributed by atoms with van der Waals surface area (Å²) in [6.07, 6.45) is 8.10. The van der Waals surface area contributed by atoms with E-state index in [2.05, 4.69) is 4.98 Å². The molecule has 2 atom stereocenters. The molecule has 1 aromatic carbocycles. The summed E-state index contributed by atoms with van der Waals surface area (Å²) >= 11 is 5.94. The predicted molar refractivity (Wildman–Crippen MR) is 122 cm³/mol. The van der Waals surface area contributed by atoms with Gasteiger partial charge in [0, 0.05) is 59.8 Å². The quantitative estimate of drug-likeness (QED) is 0.620. The van der Waals surface area contributed by atoms with E-state index in [4.69, 9.17) is 11.6 Å². The van der Waals surface area contributed by atoms with Crippen molar-refractivity contribution in [3.8, 4) is 0 Å². The molecule has 0 spiro atoms. The van der Waals surface area contributed by atoms with E-state index in [0.717, 1.165) is 17.7 Å². The molecule has 31 heavy (non-hydrogen) atoms. The van der Waals surface area contributed by atoms with Crippen LogP contribution in [0.25, 0.3) is 12.2 Å². The van der Waals surface area contributed by atoms with Crippen molar-refractivity contribution >= 4 is 29.7 Å². The van der Waals surface area contributed by atoms with Gasteiger partial charge in [-0.1, -0.05) is 29.8 Å². The van der Waals surface area contributed by atoms with Gasteiger partial charge in [-0.15, -0.1) is 0 Å². The van der Waals surface area contributed by atoms with E-state index in [1.54, 1.807) is 24.5 Å². The number of hydrogen-bond donors (Lipinski definition) is 0. The first-order valence-corrected chi connectivity index (χ1v) is 10.8.